The quantitative estimate of drug-likeness (QED) is 0.486. The van der Waals surface area contributed by atoms with Crippen molar-refractivity contribution in [1.29, 1.82) is 5.26 Å². The second kappa shape index (κ2) is 10.9. The van der Waals surface area contributed by atoms with Crippen molar-refractivity contribution in [2.24, 2.45) is 17.8 Å². The van der Waals surface area contributed by atoms with Gasteiger partial charge in [0.25, 0.3) is 0 Å². The van der Waals surface area contributed by atoms with Gasteiger partial charge in [-0.15, -0.1) is 0 Å². The van der Waals surface area contributed by atoms with E-state index in [1.807, 2.05) is 0 Å². The van der Waals surface area contributed by atoms with Gasteiger partial charge in [0.05, 0.1) is 6.10 Å². The summed E-state index contributed by atoms with van der Waals surface area (Å²) in [6.07, 6.45) is 16.5. The maximum atomic E-state index is 12.8. The number of halogens is 1. The molecule has 3 heteroatoms. The number of hydrogen-bond donors (Lipinski definition) is 0. The molecule has 24 heavy (non-hydrogen) atoms. The maximum Gasteiger partial charge on any atom is 0.196 e. The van der Waals surface area contributed by atoms with Crippen LogP contribution in [0.3, 0.4) is 0 Å². The highest BCUT2D eigenvalue weighted by Crippen LogP contribution is 2.33. The Morgan fingerprint density at radius 2 is 1.58 bits per heavy atom. The topological polar surface area (TPSA) is 33.0 Å². The van der Waals surface area contributed by atoms with Crippen molar-refractivity contribution in [3.8, 4) is 6.07 Å². The highest BCUT2D eigenvalue weighted by molar-refractivity contribution is 5.11. The van der Waals surface area contributed by atoms with E-state index in [4.69, 9.17) is 10.00 Å². The first-order valence-electron chi connectivity index (χ1n) is 10.1. The standard InChI is InChI=1S/C21H34FNO/c1-2-4-17-7-9-19(10-8-17)16-24-21-13-11-18(12-14-21)5-3-6-20(22)15-23/h6,17-19,21H,2-5,7-14,16H2,1H3/b20-6-/t17-,18-,19-,21-. The molecule has 0 aromatic rings. The van der Waals surface area contributed by atoms with Crippen molar-refractivity contribution < 1.29 is 9.13 Å². The Balaban J connectivity index is 1.55. The van der Waals surface area contributed by atoms with Crippen molar-refractivity contribution in [1.82, 2.24) is 0 Å². The first kappa shape index (κ1) is 19.4. The molecule has 0 spiro atoms. The summed E-state index contributed by atoms with van der Waals surface area (Å²) in [7, 11) is 0. The molecule has 0 saturated heterocycles. The number of rotatable bonds is 8. The highest BCUT2D eigenvalue weighted by Gasteiger charge is 2.24. The van der Waals surface area contributed by atoms with Gasteiger partial charge < -0.3 is 4.74 Å². The fraction of sp³-hybridized carbons (Fsp3) is 0.857. The zero-order valence-electron chi connectivity index (χ0n) is 15.3. The molecule has 0 radical (unpaired) electrons. The van der Waals surface area contributed by atoms with Crippen LogP contribution in [0.2, 0.25) is 0 Å². The number of nitriles is 1. The van der Waals surface area contributed by atoms with Crippen molar-refractivity contribution in [2.45, 2.75) is 90.1 Å². The molecule has 0 atom stereocenters. The minimum atomic E-state index is -0.638. The van der Waals surface area contributed by atoms with E-state index >= 15 is 0 Å². The van der Waals surface area contributed by atoms with E-state index in [9.17, 15) is 4.39 Å². The number of ether oxygens (including phenoxy) is 1. The lowest BCUT2D eigenvalue weighted by molar-refractivity contribution is -0.0101. The summed E-state index contributed by atoms with van der Waals surface area (Å²) in [5.41, 5.74) is 0. The molecule has 2 aliphatic rings. The summed E-state index contributed by atoms with van der Waals surface area (Å²) in [6, 6.07) is 1.54. The van der Waals surface area contributed by atoms with Crippen LogP contribution in [0, 0.1) is 29.1 Å². The number of nitrogens with zero attached hydrogens (tertiary/aromatic N) is 1. The average Bonchev–Trinajstić information content (AvgIpc) is 2.62. The SMILES string of the molecule is CCC[C@H]1CC[C@H](CO[C@H]2CC[C@H](CC/C=C(\F)C#N)CC2)CC1. The van der Waals surface area contributed by atoms with Gasteiger partial charge >= 0.3 is 0 Å². The van der Waals surface area contributed by atoms with Gasteiger partial charge in [-0.1, -0.05) is 32.6 Å². The summed E-state index contributed by atoms with van der Waals surface area (Å²) in [4.78, 5) is 0. The fourth-order valence-corrected chi connectivity index (χ4v) is 4.45. The maximum absolute atomic E-state index is 12.8. The third kappa shape index (κ3) is 6.93. The molecule has 2 saturated carbocycles. The molecule has 0 N–H and O–H groups in total. The van der Waals surface area contributed by atoms with Crippen molar-refractivity contribution in [3.05, 3.63) is 11.9 Å². The van der Waals surface area contributed by atoms with E-state index in [2.05, 4.69) is 6.92 Å². The lowest BCUT2D eigenvalue weighted by Crippen LogP contribution is -2.26. The predicted octanol–water partition coefficient (Wildman–Crippen LogP) is 6.33. The Labute approximate surface area is 147 Å². The third-order valence-electron chi connectivity index (χ3n) is 6.03. The predicted molar refractivity (Wildman–Crippen MR) is 96.1 cm³/mol. The number of hydrogen-bond acceptors (Lipinski definition) is 2. The average molecular weight is 336 g/mol. The molecule has 2 rings (SSSR count). The monoisotopic (exact) mass is 335 g/mol. The molecule has 2 aliphatic carbocycles. The Morgan fingerprint density at radius 1 is 1.00 bits per heavy atom. The first-order valence-corrected chi connectivity index (χ1v) is 10.1. The van der Waals surface area contributed by atoms with Gasteiger partial charge in [-0.2, -0.15) is 9.65 Å². The Kier molecular flexibility index (Phi) is 8.81. The van der Waals surface area contributed by atoms with Gasteiger partial charge in [-0.25, -0.2) is 0 Å². The van der Waals surface area contributed by atoms with Crippen molar-refractivity contribution >= 4 is 0 Å². The van der Waals surface area contributed by atoms with Gasteiger partial charge in [0.1, 0.15) is 6.07 Å². The van der Waals surface area contributed by atoms with E-state index in [1.165, 1.54) is 57.4 Å². The molecule has 0 aromatic heterocycles. The molecule has 0 amide bonds. The van der Waals surface area contributed by atoms with Crippen LogP contribution in [-0.4, -0.2) is 12.7 Å². The van der Waals surface area contributed by atoms with Crippen molar-refractivity contribution in [2.75, 3.05) is 6.61 Å². The van der Waals surface area contributed by atoms with Crippen LogP contribution < -0.4 is 0 Å². The largest absolute Gasteiger partial charge is 0.378 e. The second-order valence-corrected chi connectivity index (χ2v) is 7.89. The Morgan fingerprint density at radius 3 is 2.21 bits per heavy atom. The first-order chi connectivity index (χ1) is 11.7. The van der Waals surface area contributed by atoms with Crippen LogP contribution in [-0.2, 0) is 4.74 Å². The lowest BCUT2D eigenvalue weighted by Gasteiger charge is -2.32. The van der Waals surface area contributed by atoms with Gasteiger partial charge in [0.2, 0.25) is 0 Å². The van der Waals surface area contributed by atoms with Crippen LogP contribution in [0.25, 0.3) is 0 Å². The van der Waals surface area contributed by atoms with E-state index in [-0.39, 0.29) is 0 Å². The van der Waals surface area contributed by atoms with Crippen LogP contribution in [0.5, 0.6) is 0 Å². The van der Waals surface area contributed by atoms with E-state index in [1.54, 1.807) is 6.07 Å². The Bertz CT molecular complexity index is 412. The molecule has 2 nitrogen and oxygen atoms in total. The highest BCUT2D eigenvalue weighted by atomic mass is 19.1. The minimum Gasteiger partial charge on any atom is -0.378 e. The van der Waals surface area contributed by atoms with E-state index in [0.29, 0.717) is 18.4 Å². The minimum absolute atomic E-state index is 0.445. The van der Waals surface area contributed by atoms with Crippen LogP contribution in [0.4, 0.5) is 4.39 Å². The second-order valence-electron chi connectivity index (χ2n) is 7.89. The third-order valence-corrected chi connectivity index (χ3v) is 6.03. The molecule has 2 fully saturated rings. The molecule has 0 aromatic carbocycles. The Hall–Kier alpha value is -0.880. The van der Waals surface area contributed by atoms with Crippen LogP contribution in [0.1, 0.15) is 84.0 Å². The molecular formula is C21H34FNO. The molecular weight excluding hydrogens is 301 g/mol. The van der Waals surface area contributed by atoms with Crippen LogP contribution in [0.15, 0.2) is 11.9 Å². The van der Waals surface area contributed by atoms with Crippen LogP contribution >= 0.6 is 0 Å². The smallest absolute Gasteiger partial charge is 0.196 e. The summed E-state index contributed by atoms with van der Waals surface area (Å²) in [5, 5.41) is 8.40. The zero-order chi connectivity index (χ0) is 17.2. The summed E-state index contributed by atoms with van der Waals surface area (Å²) in [6.45, 7) is 3.26. The summed E-state index contributed by atoms with van der Waals surface area (Å²) >= 11 is 0. The van der Waals surface area contributed by atoms with E-state index < -0.39 is 5.83 Å². The normalized spacial score (nSPS) is 31.6. The summed E-state index contributed by atoms with van der Waals surface area (Å²) in [5.74, 6) is 1.80. The van der Waals surface area contributed by atoms with E-state index in [0.717, 1.165) is 37.7 Å². The van der Waals surface area contributed by atoms with Gasteiger partial charge in [0, 0.05) is 6.61 Å². The molecule has 0 aliphatic heterocycles. The van der Waals surface area contributed by atoms with Crippen molar-refractivity contribution in [3.63, 3.8) is 0 Å². The van der Waals surface area contributed by atoms with Gasteiger partial charge in [-0.3, -0.25) is 0 Å². The lowest BCUT2D eigenvalue weighted by atomic mass is 9.80. The molecule has 0 bridgehead atoms. The molecule has 0 unspecified atom stereocenters. The zero-order valence-corrected chi connectivity index (χ0v) is 15.3. The number of allylic oxidation sites excluding steroid dienone is 2. The molecule has 0 heterocycles. The summed E-state index contributed by atoms with van der Waals surface area (Å²) < 4.78 is 19.0. The fourth-order valence-electron chi connectivity index (χ4n) is 4.45. The van der Waals surface area contributed by atoms with Gasteiger partial charge in [0.15, 0.2) is 5.83 Å². The molecule has 136 valence electrons. The van der Waals surface area contributed by atoms with Gasteiger partial charge in [-0.05, 0) is 75.2 Å².